The summed E-state index contributed by atoms with van der Waals surface area (Å²) in [4.78, 5) is 57.1. The molecule has 4 aromatic rings. The number of aromatic nitrogens is 1. The van der Waals surface area contributed by atoms with Crippen molar-refractivity contribution in [1.29, 1.82) is 0 Å². The Kier molecular flexibility index (Phi) is 8.06. The molecule has 2 unspecified atom stereocenters. The van der Waals surface area contributed by atoms with E-state index in [4.69, 9.17) is 14.2 Å². The molecule has 0 saturated carbocycles. The highest BCUT2D eigenvalue weighted by Gasteiger charge is 2.56. The quantitative estimate of drug-likeness (QED) is 0.181. The number of carbonyl (C=O) groups is 3. The monoisotopic (exact) mass is 633 g/mol. The van der Waals surface area contributed by atoms with Crippen molar-refractivity contribution in [3.63, 3.8) is 0 Å². The van der Waals surface area contributed by atoms with E-state index in [0.717, 1.165) is 11.3 Å². The highest BCUT2D eigenvalue weighted by atomic mass is 32.2. The smallest absolute Gasteiger partial charge is 0.305 e. The molecule has 2 aliphatic heterocycles. The lowest BCUT2D eigenvalue weighted by Crippen LogP contribution is -2.32. The number of fused-ring (bicyclic) bond motifs is 2. The number of methoxy groups -OCH3 is 1. The van der Waals surface area contributed by atoms with Crippen molar-refractivity contribution in [3.05, 3.63) is 86.8 Å². The van der Waals surface area contributed by atoms with Gasteiger partial charge in [-0.25, -0.2) is 4.90 Å². The minimum Gasteiger partial charge on any atom is -0.508 e. The van der Waals surface area contributed by atoms with Crippen molar-refractivity contribution >= 4 is 52.2 Å². The Bertz CT molecular complexity index is 1780. The van der Waals surface area contributed by atoms with Crippen molar-refractivity contribution in [2.45, 2.75) is 23.1 Å². The molecule has 0 radical (unpaired) electrons. The first-order valence-electron chi connectivity index (χ1n) is 13.7. The number of benzene rings is 3. The van der Waals surface area contributed by atoms with Crippen LogP contribution in [0.3, 0.4) is 0 Å². The number of imide groups is 1. The van der Waals surface area contributed by atoms with E-state index >= 15 is 0 Å². The summed E-state index contributed by atoms with van der Waals surface area (Å²) in [6.07, 6.45) is 0. The van der Waals surface area contributed by atoms with Crippen LogP contribution in [0.5, 0.6) is 23.0 Å². The topological polar surface area (TPSA) is 147 Å². The lowest BCUT2D eigenvalue weighted by molar-refractivity contribution is -0.122. The molecular weight excluding hydrogens is 606 g/mol. The second kappa shape index (κ2) is 12.1. The lowest BCUT2D eigenvalue weighted by atomic mass is 9.83. The van der Waals surface area contributed by atoms with E-state index in [1.54, 1.807) is 54.6 Å². The van der Waals surface area contributed by atoms with E-state index in [2.05, 4.69) is 10.3 Å². The van der Waals surface area contributed by atoms with Gasteiger partial charge in [-0.2, -0.15) is 0 Å². The van der Waals surface area contributed by atoms with Gasteiger partial charge in [0, 0.05) is 16.5 Å². The number of phenols is 1. The van der Waals surface area contributed by atoms with Crippen LogP contribution < -0.4 is 29.3 Å². The molecule has 3 aromatic carbocycles. The molecule has 1 aromatic heterocycles. The molecule has 13 heteroatoms. The number of rotatable bonds is 9. The van der Waals surface area contributed by atoms with E-state index < -0.39 is 23.0 Å². The lowest BCUT2D eigenvalue weighted by Gasteiger charge is -2.30. The van der Waals surface area contributed by atoms with E-state index in [9.17, 15) is 24.3 Å². The molecule has 1 saturated heterocycles. The van der Waals surface area contributed by atoms with Gasteiger partial charge in [0.05, 0.1) is 30.3 Å². The molecule has 226 valence electrons. The number of carbonyl (C=O) groups excluding carboxylic acids is 3. The average Bonchev–Trinajstić information content (AvgIpc) is 3.51. The summed E-state index contributed by atoms with van der Waals surface area (Å²) < 4.78 is 16.9. The molecule has 3 heterocycles. The summed E-state index contributed by atoms with van der Waals surface area (Å²) in [7, 11) is 1.54. The molecule has 44 heavy (non-hydrogen) atoms. The first kappa shape index (κ1) is 29.3. The van der Waals surface area contributed by atoms with E-state index in [1.165, 1.54) is 35.9 Å². The Balaban J connectivity index is 1.30. The molecule has 11 nitrogen and oxygen atoms in total. The van der Waals surface area contributed by atoms with Crippen molar-refractivity contribution in [2.75, 3.05) is 30.5 Å². The van der Waals surface area contributed by atoms with Gasteiger partial charge in [0.1, 0.15) is 16.7 Å². The highest BCUT2D eigenvalue weighted by Crippen LogP contribution is 2.53. The average molecular weight is 634 g/mol. The van der Waals surface area contributed by atoms with E-state index in [0.29, 0.717) is 50.7 Å². The Morgan fingerprint density at radius 1 is 0.977 bits per heavy atom. The number of thioether (sulfide) groups is 1. The third-order valence-electron chi connectivity index (χ3n) is 7.29. The number of aromatic hydroxyl groups is 1. The largest absolute Gasteiger partial charge is 0.508 e. The summed E-state index contributed by atoms with van der Waals surface area (Å²) in [5.74, 6) is -1.16. The van der Waals surface area contributed by atoms with Crippen LogP contribution in [0.4, 0.5) is 11.4 Å². The van der Waals surface area contributed by atoms with Crippen LogP contribution in [0.1, 0.15) is 23.3 Å². The predicted molar refractivity (Wildman–Crippen MR) is 165 cm³/mol. The van der Waals surface area contributed by atoms with Gasteiger partial charge in [-0.15, -0.1) is 0 Å². The number of nitrogens with zero attached hydrogens (tertiary/aromatic N) is 1. The number of thiazole rings is 1. The van der Waals surface area contributed by atoms with Crippen LogP contribution in [-0.2, 0) is 14.4 Å². The van der Waals surface area contributed by atoms with Crippen LogP contribution in [0.15, 0.2) is 76.6 Å². The molecule has 6 rings (SSSR count). The van der Waals surface area contributed by atoms with Crippen molar-refractivity contribution in [3.8, 4) is 23.0 Å². The molecule has 3 amide bonds. The first-order valence-corrected chi connectivity index (χ1v) is 15.4. The van der Waals surface area contributed by atoms with Crippen molar-refractivity contribution in [2.24, 2.45) is 5.92 Å². The number of nitrogens with one attached hydrogen (secondary N) is 2. The molecule has 0 bridgehead atoms. The minimum atomic E-state index is -0.772. The molecule has 0 spiro atoms. The predicted octanol–water partition coefficient (Wildman–Crippen LogP) is 4.36. The molecule has 0 aliphatic carbocycles. The molecule has 3 atom stereocenters. The Morgan fingerprint density at radius 3 is 2.43 bits per heavy atom. The summed E-state index contributed by atoms with van der Waals surface area (Å²) in [6.45, 7) is 1.80. The zero-order valence-electron chi connectivity index (χ0n) is 23.6. The number of phenolic OH excluding ortho intramolecular Hbond substituents is 1. The van der Waals surface area contributed by atoms with E-state index in [1.807, 2.05) is 6.92 Å². The Hall–Kier alpha value is -4.75. The van der Waals surface area contributed by atoms with Gasteiger partial charge in [-0.3, -0.25) is 19.2 Å². The molecule has 2 aliphatic rings. The van der Waals surface area contributed by atoms with Gasteiger partial charge >= 0.3 is 4.87 Å². The van der Waals surface area contributed by atoms with Gasteiger partial charge in [0.25, 0.3) is 5.91 Å². The van der Waals surface area contributed by atoms with Crippen LogP contribution >= 0.6 is 23.1 Å². The summed E-state index contributed by atoms with van der Waals surface area (Å²) >= 11 is 2.21. The standard InChI is InChI=1S/C31H27N3O8S2/c1-3-41-22-14-16(4-13-21(22)42-15-23(36)32-17-5-9-19(35)10-6-17)24-25-27(43-28-26(24)44-31(39)33-28)30(38)34(29(25)37)18-7-11-20(40-2)12-8-18/h4-14,24-25,27,35H,3,15H2,1-2H3,(H,32,36)(H,33,39)/t24-,25?,27?/m1/s1. The number of amides is 3. The number of ether oxygens (including phenoxy) is 3. The van der Waals surface area contributed by atoms with Gasteiger partial charge in [0.2, 0.25) is 11.8 Å². The summed E-state index contributed by atoms with van der Waals surface area (Å²) in [5, 5.41) is 12.0. The number of anilines is 2. The van der Waals surface area contributed by atoms with Crippen molar-refractivity contribution in [1.82, 2.24) is 4.98 Å². The summed E-state index contributed by atoms with van der Waals surface area (Å²) in [6, 6.07) is 17.9. The zero-order chi connectivity index (χ0) is 31.0. The van der Waals surface area contributed by atoms with Crippen LogP contribution in [-0.4, -0.2) is 53.4 Å². The SMILES string of the molecule is CCOc1cc([C@H]2c3sc(=O)[nH]c3SC3C(=O)N(c4ccc(OC)cc4)C(=O)C32)ccc1OCC(=O)Nc1ccc(O)cc1. The third kappa shape index (κ3) is 5.51. The van der Waals surface area contributed by atoms with Gasteiger partial charge in [-0.1, -0.05) is 29.2 Å². The Morgan fingerprint density at radius 2 is 1.73 bits per heavy atom. The van der Waals surface area contributed by atoms with Crippen molar-refractivity contribution < 1.29 is 33.7 Å². The van der Waals surface area contributed by atoms with Gasteiger partial charge in [0.15, 0.2) is 18.1 Å². The normalized spacial score (nSPS) is 18.9. The maximum Gasteiger partial charge on any atom is 0.305 e. The highest BCUT2D eigenvalue weighted by molar-refractivity contribution is 8.00. The first-order chi connectivity index (χ1) is 21.3. The van der Waals surface area contributed by atoms with Crippen LogP contribution in [0.25, 0.3) is 0 Å². The number of aromatic amines is 1. The number of H-pyrrole nitrogens is 1. The van der Waals surface area contributed by atoms with Gasteiger partial charge < -0.3 is 29.6 Å². The fourth-order valence-electron chi connectivity index (χ4n) is 5.35. The maximum absolute atomic E-state index is 14.0. The minimum absolute atomic E-state index is 0.0831. The summed E-state index contributed by atoms with van der Waals surface area (Å²) in [5.41, 5.74) is 1.61. The molecule has 3 N–H and O–H groups in total. The molecule has 1 fully saturated rings. The second-order valence-electron chi connectivity index (χ2n) is 9.98. The third-order valence-corrected chi connectivity index (χ3v) is 9.69. The zero-order valence-corrected chi connectivity index (χ0v) is 25.2. The van der Waals surface area contributed by atoms with Crippen LogP contribution in [0, 0.1) is 5.92 Å². The Labute approximate surface area is 259 Å². The van der Waals surface area contributed by atoms with E-state index in [-0.39, 0.29) is 29.0 Å². The second-order valence-corrected chi connectivity index (χ2v) is 12.1. The van der Waals surface area contributed by atoms with Gasteiger partial charge in [-0.05, 0) is 73.2 Å². The number of hydrogen-bond acceptors (Lipinski definition) is 10. The number of hydrogen-bond donors (Lipinski definition) is 3. The fraction of sp³-hybridized carbons (Fsp3) is 0.226. The molecular formula is C31H27N3O8S2. The fourth-order valence-corrected chi connectivity index (χ4v) is 7.87. The van der Waals surface area contributed by atoms with Crippen LogP contribution in [0.2, 0.25) is 0 Å². The maximum atomic E-state index is 14.0.